The standard InChI is InChI=1S/C10H11NO3/c12-10(13)5-7-6-14-9-4-2-1-3-8(9)11-7/h1-4,7,11H,5-6H2,(H,12,13)/t7-/m1/s1. The first-order valence-corrected chi connectivity index (χ1v) is 4.46. The lowest BCUT2D eigenvalue weighted by Crippen LogP contribution is -2.33. The molecule has 4 nitrogen and oxygen atoms in total. The molecule has 74 valence electrons. The lowest BCUT2D eigenvalue weighted by atomic mass is 10.1. The number of carboxylic acid groups (broad SMARTS) is 1. The molecule has 1 aromatic rings. The second kappa shape index (κ2) is 3.57. The average Bonchev–Trinajstić information content (AvgIpc) is 2.17. The fraction of sp³-hybridized carbons (Fsp3) is 0.300. The van der Waals surface area contributed by atoms with Gasteiger partial charge < -0.3 is 15.2 Å². The number of para-hydroxylation sites is 2. The molecule has 0 saturated heterocycles. The first-order chi connectivity index (χ1) is 6.75. The van der Waals surface area contributed by atoms with E-state index >= 15 is 0 Å². The van der Waals surface area contributed by atoms with Crippen molar-refractivity contribution in [2.45, 2.75) is 12.5 Å². The Bertz CT molecular complexity index is 351. The summed E-state index contributed by atoms with van der Waals surface area (Å²) in [6.45, 7) is 0.406. The minimum absolute atomic E-state index is 0.0777. The molecule has 1 atom stereocenters. The van der Waals surface area contributed by atoms with Crippen LogP contribution in [0.1, 0.15) is 6.42 Å². The lowest BCUT2D eigenvalue weighted by molar-refractivity contribution is -0.137. The highest BCUT2D eigenvalue weighted by Crippen LogP contribution is 2.28. The van der Waals surface area contributed by atoms with Gasteiger partial charge >= 0.3 is 5.97 Å². The zero-order valence-electron chi connectivity index (χ0n) is 7.56. The Balaban J connectivity index is 2.09. The molecule has 4 heteroatoms. The number of hydrogen-bond acceptors (Lipinski definition) is 3. The number of fused-ring (bicyclic) bond motifs is 1. The third-order valence-electron chi connectivity index (χ3n) is 2.11. The Labute approximate surface area is 81.5 Å². The summed E-state index contributed by atoms with van der Waals surface area (Å²) in [6.07, 6.45) is 0.0777. The first kappa shape index (κ1) is 8.87. The van der Waals surface area contributed by atoms with Gasteiger partial charge in [-0.1, -0.05) is 12.1 Å². The third-order valence-corrected chi connectivity index (χ3v) is 2.11. The van der Waals surface area contributed by atoms with Gasteiger partial charge in [0.05, 0.1) is 18.2 Å². The van der Waals surface area contributed by atoms with Gasteiger partial charge in [-0.15, -0.1) is 0 Å². The molecular weight excluding hydrogens is 182 g/mol. The van der Waals surface area contributed by atoms with Crippen LogP contribution in [0.25, 0.3) is 0 Å². The van der Waals surface area contributed by atoms with E-state index in [4.69, 9.17) is 9.84 Å². The van der Waals surface area contributed by atoms with Gasteiger partial charge in [0.25, 0.3) is 0 Å². The van der Waals surface area contributed by atoms with Gasteiger partial charge in [0.15, 0.2) is 0 Å². The summed E-state index contributed by atoms with van der Waals surface area (Å²) in [5.41, 5.74) is 0.866. The second-order valence-corrected chi connectivity index (χ2v) is 3.25. The Morgan fingerprint density at radius 2 is 2.36 bits per heavy atom. The molecule has 14 heavy (non-hydrogen) atoms. The van der Waals surface area contributed by atoms with Crippen molar-refractivity contribution in [3.8, 4) is 5.75 Å². The van der Waals surface area contributed by atoms with Crippen LogP contribution in [0.5, 0.6) is 5.75 Å². The van der Waals surface area contributed by atoms with E-state index in [1.54, 1.807) is 0 Å². The zero-order chi connectivity index (χ0) is 9.97. The van der Waals surface area contributed by atoms with Gasteiger partial charge in [-0.05, 0) is 12.1 Å². The molecule has 1 heterocycles. The highest BCUT2D eigenvalue weighted by Gasteiger charge is 2.20. The molecule has 1 aliphatic heterocycles. The second-order valence-electron chi connectivity index (χ2n) is 3.25. The molecule has 2 N–H and O–H groups in total. The molecule has 1 aliphatic rings. The maximum Gasteiger partial charge on any atom is 0.305 e. The predicted octanol–water partition coefficient (Wildman–Crippen LogP) is 1.33. The Kier molecular flexibility index (Phi) is 2.26. The van der Waals surface area contributed by atoms with Crippen LogP contribution in [0.4, 0.5) is 5.69 Å². The van der Waals surface area contributed by atoms with Crippen molar-refractivity contribution in [2.75, 3.05) is 11.9 Å². The minimum Gasteiger partial charge on any atom is -0.489 e. The summed E-state index contributed by atoms with van der Waals surface area (Å²) in [4.78, 5) is 10.5. The van der Waals surface area contributed by atoms with E-state index in [1.165, 1.54) is 0 Å². The number of benzene rings is 1. The van der Waals surface area contributed by atoms with Crippen LogP contribution in [0.3, 0.4) is 0 Å². The molecule has 0 amide bonds. The molecule has 0 aliphatic carbocycles. The molecule has 0 aromatic heterocycles. The Morgan fingerprint density at radius 1 is 1.57 bits per heavy atom. The van der Waals surface area contributed by atoms with E-state index in [2.05, 4.69) is 5.32 Å². The minimum atomic E-state index is -0.814. The molecule has 0 saturated carbocycles. The van der Waals surface area contributed by atoms with Crippen LogP contribution in [0.15, 0.2) is 24.3 Å². The SMILES string of the molecule is O=C(O)C[C@@H]1COc2ccccc2N1. The van der Waals surface area contributed by atoms with Gasteiger partial charge in [-0.25, -0.2) is 0 Å². The van der Waals surface area contributed by atoms with Gasteiger partial charge in [-0.3, -0.25) is 4.79 Å². The van der Waals surface area contributed by atoms with Crippen LogP contribution >= 0.6 is 0 Å². The zero-order valence-corrected chi connectivity index (χ0v) is 7.56. The van der Waals surface area contributed by atoms with E-state index in [0.717, 1.165) is 11.4 Å². The topological polar surface area (TPSA) is 58.6 Å². The number of ether oxygens (including phenoxy) is 1. The van der Waals surface area contributed by atoms with Crippen molar-refractivity contribution < 1.29 is 14.6 Å². The third kappa shape index (κ3) is 1.79. The quantitative estimate of drug-likeness (QED) is 0.744. The highest BCUT2D eigenvalue weighted by atomic mass is 16.5. The number of carbonyl (C=O) groups is 1. The Hall–Kier alpha value is -1.71. The Morgan fingerprint density at radius 3 is 3.14 bits per heavy atom. The fourth-order valence-electron chi connectivity index (χ4n) is 1.48. The largest absolute Gasteiger partial charge is 0.489 e. The van der Waals surface area contributed by atoms with E-state index in [1.807, 2.05) is 24.3 Å². The average molecular weight is 193 g/mol. The van der Waals surface area contributed by atoms with Crippen LogP contribution in [-0.2, 0) is 4.79 Å². The number of anilines is 1. The summed E-state index contributed by atoms with van der Waals surface area (Å²) in [5.74, 6) is -0.0281. The van der Waals surface area contributed by atoms with Crippen LogP contribution < -0.4 is 10.1 Å². The fourth-order valence-corrected chi connectivity index (χ4v) is 1.48. The van der Waals surface area contributed by atoms with Crippen molar-refractivity contribution in [2.24, 2.45) is 0 Å². The van der Waals surface area contributed by atoms with Crippen molar-refractivity contribution in [1.82, 2.24) is 0 Å². The summed E-state index contributed by atoms with van der Waals surface area (Å²) < 4.78 is 5.41. The van der Waals surface area contributed by atoms with Gasteiger partial charge in [0, 0.05) is 0 Å². The van der Waals surface area contributed by atoms with E-state index in [9.17, 15) is 4.79 Å². The molecule has 0 fully saturated rings. The molecule has 0 radical (unpaired) electrons. The van der Waals surface area contributed by atoms with E-state index in [0.29, 0.717) is 6.61 Å². The highest BCUT2D eigenvalue weighted by molar-refractivity contribution is 5.69. The van der Waals surface area contributed by atoms with Crippen LogP contribution in [0.2, 0.25) is 0 Å². The number of nitrogens with one attached hydrogen (secondary N) is 1. The molecular formula is C10H11NO3. The van der Waals surface area contributed by atoms with Gasteiger partial charge in [0.2, 0.25) is 0 Å². The number of carboxylic acids is 1. The monoisotopic (exact) mass is 193 g/mol. The molecule has 0 unspecified atom stereocenters. The van der Waals surface area contributed by atoms with Crippen LogP contribution in [0, 0.1) is 0 Å². The predicted molar refractivity (Wildman–Crippen MR) is 51.6 cm³/mol. The molecule has 0 spiro atoms. The van der Waals surface area contributed by atoms with Crippen molar-refractivity contribution in [1.29, 1.82) is 0 Å². The van der Waals surface area contributed by atoms with E-state index < -0.39 is 5.97 Å². The van der Waals surface area contributed by atoms with Crippen molar-refractivity contribution in [3.63, 3.8) is 0 Å². The van der Waals surface area contributed by atoms with E-state index in [-0.39, 0.29) is 12.5 Å². The van der Waals surface area contributed by atoms with Gasteiger partial charge in [0.1, 0.15) is 12.4 Å². The number of hydrogen-bond donors (Lipinski definition) is 2. The summed E-state index contributed by atoms with van der Waals surface area (Å²) in [7, 11) is 0. The molecule has 2 rings (SSSR count). The number of aliphatic carboxylic acids is 1. The lowest BCUT2D eigenvalue weighted by Gasteiger charge is -2.26. The normalized spacial score (nSPS) is 19.0. The van der Waals surface area contributed by atoms with Crippen molar-refractivity contribution >= 4 is 11.7 Å². The summed E-state index contributed by atoms with van der Waals surface area (Å²) in [6, 6.07) is 7.38. The van der Waals surface area contributed by atoms with Crippen molar-refractivity contribution in [3.05, 3.63) is 24.3 Å². The molecule has 0 bridgehead atoms. The van der Waals surface area contributed by atoms with Crippen LogP contribution in [-0.4, -0.2) is 23.7 Å². The maximum atomic E-state index is 10.5. The smallest absolute Gasteiger partial charge is 0.305 e. The van der Waals surface area contributed by atoms with Gasteiger partial charge in [-0.2, -0.15) is 0 Å². The summed E-state index contributed by atoms with van der Waals surface area (Å²) >= 11 is 0. The summed E-state index contributed by atoms with van der Waals surface area (Å²) in [5, 5.41) is 11.7. The number of rotatable bonds is 2. The molecule has 1 aromatic carbocycles. The maximum absolute atomic E-state index is 10.5. The first-order valence-electron chi connectivity index (χ1n) is 4.46.